The van der Waals surface area contributed by atoms with Crippen LogP contribution in [0, 0.1) is 0 Å². The van der Waals surface area contributed by atoms with Gasteiger partial charge in [-0.1, -0.05) is 25.8 Å². The molecule has 124 valence electrons. The van der Waals surface area contributed by atoms with E-state index in [0.29, 0.717) is 12.5 Å². The first-order valence-corrected chi connectivity index (χ1v) is 8.84. The van der Waals surface area contributed by atoms with E-state index >= 15 is 0 Å². The molecule has 0 unspecified atom stereocenters. The third-order valence-electron chi connectivity index (χ3n) is 4.51. The molecule has 4 heteroatoms. The number of hydrogen-bond acceptors (Lipinski definition) is 3. The van der Waals surface area contributed by atoms with Crippen LogP contribution in [0.5, 0.6) is 5.88 Å². The second kappa shape index (κ2) is 7.64. The summed E-state index contributed by atoms with van der Waals surface area (Å²) >= 11 is 0. The Kier molecular flexibility index (Phi) is 5.34. The quantitative estimate of drug-likeness (QED) is 0.777. The number of nitrogens with one attached hydrogen (secondary N) is 1. The second-order valence-corrected chi connectivity index (χ2v) is 6.17. The van der Waals surface area contributed by atoms with Crippen molar-refractivity contribution >= 4 is 16.6 Å². The SMILES string of the molecule is CCCCCN1CC=C(c2c[nH]c3ccc(OCC)nc23)CC1. The largest absolute Gasteiger partial charge is 0.478 e. The molecule has 3 heterocycles. The Morgan fingerprint density at radius 1 is 1.26 bits per heavy atom. The third-order valence-corrected chi connectivity index (χ3v) is 4.51. The zero-order chi connectivity index (χ0) is 16.1. The summed E-state index contributed by atoms with van der Waals surface area (Å²) in [4.78, 5) is 10.6. The van der Waals surface area contributed by atoms with Gasteiger partial charge in [0.15, 0.2) is 0 Å². The lowest BCUT2D eigenvalue weighted by Gasteiger charge is -2.26. The third kappa shape index (κ3) is 3.75. The minimum absolute atomic E-state index is 0.647. The topological polar surface area (TPSA) is 41.2 Å². The van der Waals surface area contributed by atoms with Crippen molar-refractivity contribution in [3.8, 4) is 5.88 Å². The van der Waals surface area contributed by atoms with Crippen LogP contribution >= 0.6 is 0 Å². The first-order valence-electron chi connectivity index (χ1n) is 8.84. The fraction of sp³-hybridized carbons (Fsp3) is 0.526. The van der Waals surface area contributed by atoms with Gasteiger partial charge < -0.3 is 9.72 Å². The smallest absolute Gasteiger partial charge is 0.213 e. The highest BCUT2D eigenvalue weighted by atomic mass is 16.5. The van der Waals surface area contributed by atoms with E-state index in [1.54, 1.807) is 0 Å². The van der Waals surface area contributed by atoms with Gasteiger partial charge in [-0.2, -0.15) is 0 Å². The number of fused-ring (bicyclic) bond motifs is 1. The van der Waals surface area contributed by atoms with Crippen LogP contribution in [-0.4, -0.2) is 41.1 Å². The molecule has 0 atom stereocenters. The first kappa shape index (κ1) is 16.1. The summed E-state index contributed by atoms with van der Waals surface area (Å²) in [6, 6.07) is 3.98. The predicted molar refractivity (Wildman–Crippen MR) is 95.8 cm³/mol. The van der Waals surface area contributed by atoms with Gasteiger partial charge in [-0.3, -0.25) is 4.90 Å². The molecule has 0 fully saturated rings. The van der Waals surface area contributed by atoms with Crippen LogP contribution < -0.4 is 4.74 Å². The average molecular weight is 313 g/mol. The summed E-state index contributed by atoms with van der Waals surface area (Å²) in [6.45, 7) is 8.31. The molecule has 2 aromatic heterocycles. The fourth-order valence-electron chi connectivity index (χ4n) is 3.20. The first-order chi connectivity index (χ1) is 11.3. The average Bonchev–Trinajstić information content (AvgIpc) is 2.99. The number of unbranched alkanes of at least 4 members (excludes halogenated alkanes) is 2. The van der Waals surface area contributed by atoms with Gasteiger partial charge in [-0.15, -0.1) is 0 Å². The molecule has 0 saturated heterocycles. The van der Waals surface area contributed by atoms with Gasteiger partial charge >= 0.3 is 0 Å². The van der Waals surface area contributed by atoms with E-state index in [1.165, 1.54) is 36.9 Å². The maximum Gasteiger partial charge on any atom is 0.213 e. The summed E-state index contributed by atoms with van der Waals surface area (Å²) in [6.07, 6.45) is 9.49. The van der Waals surface area contributed by atoms with Crippen LogP contribution in [0.2, 0.25) is 0 Å². The Morgan fingerprint density at radius 3 is 2.91 bits per heavy atom. The molecule has 0 spiro atoms. The van der Waals surface area contributed by atoms with E-state index in [9.17, 15) is 0 Å². The van der Waals surface area contributed by atoms with Crippen LogP contribution in [-0.2, 0) is 0 Å². The fourth-order valence-corrected chi connectivity index (χ4v) is 3.20. The molecule has 1 N–H and O–H groups in total. The van der Waals surface area contributed by atoms with E-state index in [4.69, 9.17) is 4.74 Å². The number of pyridine rings is 1. The minimum Gasteiger partial charge on any atom is -0.478 e. The number of aromatic amines is 1. The normalized spacial score (nSPS) is 15.8. The molecule has 4 nitrogen and oxygen atoms in total. The number of aromatic nitrogens is 2. The molecule has 0 aromatic carbocycles. The summed E-state index contributed by atoms with van der Waals surface area (Å²) in [7, 11) is 0. The van der Waals surface area contributed by atoms with E-state index in [-0.39, 0.29) is 0 Å². The van der Waals surface area contributed by atoms with E-state index in [1.807, 2.05) is 13.0 Å². The van der Waals surface area contributed by atoms with E-state index in [0.717, 1.165) is 30.5 Å². The molecular formula is C19H27N3O. The molecule has 0 bridgehead atoms. The highest BCUT2D eigenvalue weighted by Crippen LogP contribution is 2.29. The lowest BCUT2D eigenvalue weighted by atomic mass is 10.0. The van der Waals surface area contributed by atoms with Crippen molar-refractivity contribution in [1.82, 2.24) is 14.9 Å². The van der Waals surface area contributed by atoms with E-state index < -0.39 is 0 Å². The second-order valence-electron chi connectivity index (χ2n) is 6.17. The molecule has 0 aliphatic carbocycles. The minimum atomic E-state index is 0.647. The van der Waals surface area contributed by atoms with Gasteiger partial charge in [0.2, 0.25) is 5.88 Å². The van der Waals surface area contributed by atoms with Crippen LogP contribution in [0.15, 0.2) is 24.4 Å². The number of rotatable bonds is 7. The monoisotopic (exact) mass is 313 g/mol. The van der Waals surface area contributed by atoms with Crippen LogP contribution in [0.3, 0.4) is 0 Å². The molecular weight excluding hydrogens is 286 g/mol. The molecule has 0 saturated carbocycles. The Morgan fingerprint density at radius 2 is 2.17 bits per heavy atom. The van der Waals surface area contributed by atoms with Crippen LogP contribution in [0.1, 0.15) is 45.1 Å². The maximum absolute atomic E-state index is 5.54. The summed E-state index contributed by atoms with van der Waals surface area (Å²) in [5.41, 5.74) is 4.75. The lowest BCUT2D eigenvalue weighted by molar-refractivity contribution is 0.294. The number of H-pyrrole nitrogens is 1. The van der Waals surface area contributed by atoms with Gasteiger partial charge in [0.05, 0.1) is 17.6 Å². The molecule has 3 rings (SSSR count). The van der Waals surface area contributed by atoms with Crippen LogP contribution in [0.25, 0.3) is 16.6 Å². The van der Waals surface area contributed by atoms with Crippen molar-refractivity contribution in [1.29, 1.82) is 0 Å². The standard InChI is InChI=1S/C19H27N3O/c1-3-5-6-11-22-12-9-15(10-13-22)16-14-20-17-7-8-18(23-4-2)21-19(16)17/h7-9,14,20H,3-6,10-13H2,1-2H3. The van der Waals surface area contributed by atoms with Crippen molar-refractivity contribution < 1.29 is 4.74 Å². The maximum atomic E-state index is 5.54. The number of nitrogens with zero attached hydrogens (tertiary/aromatic N) is 2. The molecule has 0 amide bonds. The van der Waals surface area contributed by atoms with Gasteiger partial charge in [0.25, 0.3) is 0 Å². The summed E-state index contributed by atoms with van der Waals surface area (Å²) in [5, 5.41) is 0. The Labute approximate surface area is 138 Å². The van der Waals surface area contributed by atoms with Gasteiger partial charge in [0.1, 0.15) is 0 Å². The molecule has 1 aliphatic rings. The van der Waals surface area contributed by atoms with Crippen molar-refractivity contribution in [2.24, 2.45) is 0 Å². The summed E-state index contributed by atoms with van der Waals surface area (Å²) in [5.74, 6) is 0.707. The number of ether oxygens (including phenoxy) is 1. The zero-order valence-electron chi connectivity index (χ0n) is 14.3. The highest BCUT2D eigenvalue weighted by molar-refractivity contribution is 5.90. The van der Waals surface area contributed by atoms with Crippen molar-refractivity contribution in [3.05, 3.63) is 30.0 Å². The van der Waals surface area contributed by atoms with Gasteiger partial charge in [-0.05, 0) is 37.9 Å². The van der Waals surface area contributed by atoms with Crippen molar-refractivity contribution in [3.63, 3.8) is 0 Å². The molecule has 2 aromatic rings. The highest BCUT2D eigenvalue weighted by Gasteiger charge is 2.16. The predicted octanol–water partition coefficient (Wildman–Crippen LogP) is 4.24. The summed E-state index contributed by atoms with van der Waals surface area (Å²) < 4.78 is 5.54. The van der Waals surface area contributed by atoms with Crippen molar-refractivity contribution in [2.75, 3.05) is 26.2 Å². The number of hydrogen-bond donors (Lipinski definition) is 1. The molecule has 0 radical (unpaired) electrons. The Hall–Kier alpha value is -1.81. The van der Waals surface area contributed by atoms with E-state index in [2.05, 4.69) is 40.1 Å². The lowest BCUT2D eigenvalue weighted by Crippen LogP contribution is -2.29. The van der Waals surface area contributed by atoms with Gasteiger partial charge in [0, 0.05) is 30.9 Å². The van der Waals surface area contributed by atoms with Crippen LogP contribution in [0.4, 0.5) is 0 Å². The zero-order valence-corrected chi connectivity index (χ0v) is 14.3. The Balaban J connectivity index is 1.74. The van der Waals surface area contributed by atoms with Crippen molar-refractivity contribution in [2.45, 2.75) is 39.5 Å². The Bertz CT molecular complexity index is 674. The molecule has 23 heavy (non-hydrogen) atoms. The molecule has 1 aliphatic heterocycles. The van der Waals surface area contributed by atoms with Gasteiger partial charge in [-0.25, -0.2) is 4.98 Å².